The Kier molecular flexibility index (Phi) is 6.09. The summed E-state index contributed by atoms with van der Waals surface area (Å²) < 4.78 is 0. The first-order chi connectivity index (χ1) is 14.5. The lowest BCUT2D eigenvalue weighted by Crippen LogP contribution is -2.16. The first kappa shape index (κ1) is 20.2. The number of nitro groups is 1. The van der Waals surface area contributed by atoms with Crippen molar-refractivity contribution >= 4 is 23.4 Å². The number of aromatic carboxylic acids is 1. The van der Waals surface area contributed by atoms with Crippen LogP contribution in [0.4, 0.5) is 17.5 Å². The van der Waals surface area contributed by atoms with E-state index < -0.39 is 10.9 Å². The minimum Gasteiger partial charge on any atom is -0.478 e. The summed E-state index contributed by atoms with van der Waals surface area (Å²) in [7, 11) is 0. The lowest BCUT2D eigenvalue weighted by atomic mass is 10.0. The summed E-state index contributed by atoms with van der Waals surface area (Å²) in [5.41, 5.74) is 0.895. The Morgan fingerprint density at radius 2 is 1.97 bits per heavy atom. The molecule has 0 radical (unpaired) electrons. The third-order valence-corrected chi connectivity index (χ3v) is 3.96. The summed E-state index contributed by atoms with van der Waals surface area (Å²) in [6.45, 7) is 0.789. The molecule has 0 spiro atoms. The number of hydrogen-bond donors (Lipinski definition) is 3. The number of nitriles is 1. The van der Waals surface area contributed by atoms with Crippen molar-refractivity contribution in [1.82, 2.24) is 15.0 Å². The molecule has 1 aromatic carbocycles. The number of rotatable bonds is 8. The lowest BCUT2D eigenvalue weighted by molar-refractivity contribution is -0.385. The van der Waals surface area contributed by atoms with Gasteiger partial charge >= 0.3 is 5.97 Å². The molecule has 2 heterocycles. The molecular formula is C19H15N7O4. The van der Waals surface area contributed by atoms with E-state index in [0.29, 0.717) is 30.0 Å². The van der Waals surface area contributed by atoms with Gasteiger partial charge in [-0.05, 0) is 18.2 Å². The van der Waals surface area contributed by atoms with E-state index in [1.54, 1.807) is 24.3 Å². The molecule has 0 fully saturated rings. The van der Waals surface area contributed by atoms with Gasteiger partial charge in [0.1, 0.15) is 17.6 Å². The normalized spacial score (nSPS) is 10.1. The third-order valence-electron chi connectivity index (χ3n) is 3.96. The highest BCUT2D eigenvalue weighted by Gasteiger charge is 2.16. The average molecular weight is 405 g/mol. The van der Waals surface area contributed by atoms with Crippen LogP contribution in [0.2, 0.25) is 0 Å². The molecule has 0 saturated heterocycles. The molecular weight excluding hydrogens is 390 g/mol. The molecule has 150 valence electrons. The molecule has 0 amide bonds. The second kappa shape index (κ2) is 9.07. The molecule has 0 saturated carbocycles. The van der Waals surface area contributed by atoms with Crippen LogP contribution in [0.1, 0.15) is 15.9 Å². The number of carboxylic acid groups (broad SMARTS) is 1. The minimum absolute atomic E-state index is 0.0798. The highest BCUT2D eigenvalue weighted by molar-refractivity contribution is 5.94. The van der Waals surface area contributed by atoms with Gasteiger partial charge in [-0.1, -0.05) is 12.1 Å². The van der Waals surface area contributed by atoms with Crippen LogP contribution in [0.15, 0.2) is 48.8 Å². The minimum atomic E-state index is -1.18. The summed E-state index contributed by atoms with van der Waals surface area (Å²) in [5, 5.41) is 35.1. The van der Waals surface area contributed by atoms with Gasteiger partial charge in [0.2, 0.25) is 5.95 Å². The first-order valence-electron chi connectivity index (χ1n) is 8.67. The zero-order valence-corrected chi connectivity index (χ0v) is 15.4. The van der Waals surface area contributed by atoms with Crippen molar-refractivity contribution in [1.29, 1.82) is 5.26 Å². The fourth-order valence-electron chi connectivity index (χ4n) is 2.54. The summed E-state index contributed by atoms with van der Waals surface area (Å²) in [6.07, 6.45) is 2.36. The second-order valence-corrected chi connectivity index (χ2v) is 5.97. The van der Waals surface area contributed by atoms with Crippen LogP contribution >= 0.6 is 0 Å². The van der Waals surface area contributed by atoms with Crippen molar-refractivity contribution in [2.45, 2.75) is 0 Å². The van der Waals surface area contributed by atoms with Crippen LogP contribution in [0.5, 0.6) is 0 Å². The number of carboxylic acids is 1. The van der Waals surface area contributed by atoms with Gasteiger partial charge in [0.25, 0.3) is 5.69 Å². The van der Waals surface area contributed by atoms with Gasteiger partial charge in [0.15, 0.2) is 0 Å². The predicted octanol–water partition coefficient (Wildman–Crippen LogP) is 2.54. The van der Waals surface area contributed by atoms with Gasteiger partial charge in [0, 0.05) is 30.9 Å². The van der Waals surface area contributed by atoms with Crippen LogP contribution < -0.4 is 10.6 Å². The van der Waals surface area contributed by atoms with Crippen molar-refractivity contribution in [2.24, 2.45) is 0 Å². The average Bonchev–Trinajstić information content (AvgIpc) is 2.76. The molecule has 3 rings (SSSR count). The molecule has 2 aromatic heterocycles. The fourth-order valence-corrected chi connectivity index (χ4v) is 2.54. The molecule has 3 aromatic rings. The van der Waals surface area contributed by atoms with E-state index in [4.69, 9.17) is 5.26 Å². The smallest absolute Gasteiger partial charge is 0.339 e. The summed E-state index contributed by atoms with van der Waals surface area (Å²) in [6, 6.07) is 11.3. The molecule has 0 aliphatic rings. The van der Waals surface area contributed by atoms with Gasteiger partial charge in [0.05, 0.1) is 22.2 Å². The molecule has 3 N–H and O–H groups in total. The molecule has 0 unspecified atom stereocenters. The van der Waals surface area contributed by atoms with Crippen molar-refractivity contribution in [2.75, 3.05) is 23.7 Å². The Morgan fingerprint density at radius 1 is 1.17 bits per heavy atom. The van der Waals surface area contributed by atoms with E-state index in [1.807, 2.05) is 6.07 Å². The van der Waals surface area contributed by atoms with E-state index in [9.17, 15) is 20.0 Å². The molecule has 0 atom stereocenters. The van der Waals surface area contributed by atoms with Gasteiger partial charge in [-0.3, -0.25) is 10.1 Å². The Bertz CT molecular complexity index is 1130. The van der Waals surface area contributed by atoms with E-state index in [1.165, 1.54) is 18.3 Å². The maximum atomic E-state index is 11.5. The van der Waals surface area contributed by atoms with Crippen LogP contribution in [0, 0.1) is 21.4 Å². The summed E-state index contributed by atoms with van der Waals surface area (Å²) >= 11 is 0. The van der Waals surface area contributed by atoms with Crippen molar-refractivity contribution in [3.63, 3.8) is 0 Å². The van der Waals surface area contributed by atoms with Crippen molar-refractivity contribution in [3.8, 4) is 17.3 Å². The number of pyridine rings is 1. The molecule has 11 nitrogen and oxygen atoms in total. The molecule has 0 aliphatic carbocycles. The van der Waals surface area contributed by atoms with Gasteiger partial charge in [-0.2, -0.15) is 5.26 Å². The van der Waals surface area contributed by atoms with Crippen LogP contribution in [0.25, 0.3) is 11.3 Å². The highest BCUT2D eigenvalue weighted by atomic mass is 16.6. The van der Waals surface area contributed by atoms with E-state index >= 15 is 0 Å². The largest absolute Gasteiger partial charge is 0.478 e. The molecule has 0 aliphatic heterocycles. The monoisotopic (exact) mass is 405 g/mol. The Labute approximate surface area is 170 Å². The number of anilines is 2. The van der Waals surface area contributed by atoms with Gasteiger partial charge < -0.3 is 15.7 Å². The fraction of sp³-hybridized carbons (Fsp3) is 0.105. The number of aromatic nitrogens is 3. The maximum absolute atomic E-state index is 11.5. The standard InChI is InChI=1S/C19H15N7O4/c20-9-12-2-1-3-13(8-12)17-15(18(27)28)11-24-19(25-17)22-7-6-21-16-5-4-14(10-23-16)26(29)30/h1-5,8,10-11H,6-7H2,(H,21,23)(H,27,28)(H,22,24,25). The van der Waals surface area contributed by atoms with Gasteiger partial charge in [-0.25, -0.2) is 19.7 Å². The van der Waals surface area contributed by atoms with Crippen LogP contribution in [0.3, 0.4) is 0 Å². The molecule has 0 bridgehead atoms. The van der Waals surface area contributed by atoms with Gasteiger partial charge in [-0.15, -0.1) is 0 Å². The number of carbonyl (C=O) groups is 1. The van der Waals surface area contributed by atoms with Crippen molar-refractivity contribution < 1.29 is 14.8 Å². The van der Waals surface area contributed by atoms with Crippen molar-refractivity contribution in [3.05, 3.63) is 70.0 Å². The Morgan fingerprint density at radius 3 is 2.63 bits per heavy atom. The summed E-state index contributed by atoms with van der Waals surface area (Å²) in [4.78, 5) is 33.9. The third kappa shape index (κ3) is 4.82. The Balaban J connectivity index is 1.68. The Hall–Kier alpha value is -4.59. The second-order valence-electron chi connectivity index (χ2n) is 5.97. The van der Waals surface area contributed by atoms with E-state index in [2.05, 4.69) is 25.6 Å². The zero-order chi connectivity index (χ0) is 21.5. The summed E-state index contributed by atoms with van der Waals surface area (Å²) in [5.74, 6) is -0.487. The molecule has 11 heteroatoms. The first-order valence-corrected chi connectivity index (χ1v) is 8.67. The highest BCUT2D eigenvalue weighted by Crippen LogP contribution is 2.23. The number of hydrogen-bond acceptors (Lipinski definition) is 9. The number of nitrogens with zero attached hydrogens (tertiary/aromatic N) is 5. The lowest BCUT2D eigenvalue weighted by Gasteiger charge is -2.10. The topological polar surface area (TPSA) is 167 Å². The van der Waals surface area contributed by atoms with Crippen LogP contribution in [-0.2, 0) is 0 Å². The molecule has 30 heavy (non-hydrogen) atoms. The quantitative estimate of drug-likeness (QED) is 0.288. The number of benzene rings is 1. The zero-order valence-electron chi connectivity index (χ0n) is 15.4. The maximum Gasteiger partial charge on any atom is 0.339 e. The van der Waals surface area contributed by atoms with E-state index in [-0.39, 0.29) is 22.9 Å². The SMILES string of the molecule is N#Cc1cccc(-c2nc(NCCNc3ccc([N+](=O)[O-])cn3)ncc2C(=O)O)c1. The van der Waals surface area contributed by atoms with E-state index in [0.717, 1.165) is 6.20 Å². The van der Waals surface area contributed by atoms with Crippen LogP contribution in [-0.4, -0.2) is 44.0 Å². The predicted molar refractivity (Wildman–Crippen MR) is 107 cm³/mol. The number of nitrogens with one attached hydrogen (secondary N) is 2.